The fourth-order valence-corrected chi connectivity index (χ4v) is 3.20. The molecule has 0 radical (unpaired) electrons. The Kier molecular flexibility index (Phi) is 6.99. The lowest BCUT2D eigenvalue weighted by Crippen LogP contribution is -2.47. The van der Waals surface area contributed by atoms with Gasteiger partial charge in [-0.15, -0.1) is 0 Å². The average molecular weight is 341 g/mol. The van der Waals surface area contributed by atoms with Crippen molar-refractivity contribution in [2.75, 3.05) is 19.7 Å². The number of benzene rings is 1. The van der Waals surface area contributed by atoms with Gasteiger partial charge in [-0.2, -0.15) is 0 Å². The molecule has 1 heterocycles. The quantitative estimate of drug-likeness (QED) is 0.559. The smallest absolute Gasteiger partial charge is 0.302 e. The second kappa shape index (κ2) is 9.21. The number of esters is 1. The van der Waals surface area contributed by atoms with Crippen LogP contribution in [0.3, 0.4) is 0 Å². The van der Waals surface area contributed by atoms with Gasteiger partial charge in [0.25, 0.3) is 0 Å². The van der Waals surface area contributed by atoms with E-state index in [0.717, 1.165) is 31.4 Å². The van der Waals surface area contributed by atoms with Gasteiger partial charge in [-0.3, -0.25) is 9.59 Å². The van der Waals surface area contributed by atoms with Crippen molar-refractivity contribution in [3.8, 4) is 0 Å². The van der Waals surface area contributed by atoms with Crippen molar-refractivity contribution >= 4 is 18.0 Å². The van der Waals surface area contributed by atoms with Crippen molar-refractivity contribution in [1.29, 1.82) is 0 Å². The van der Waals surface area contributed by atoms with Gasteiger partial charge in [-0.05, 0) is 24.8 Å². The Morgan fingerprint density at radius 1 is 1.28 bits per heavy atom. The van der Waals surface area contributed by atoms with Crippen LogP contribution in [0.4, 0.5) is 0 Å². The first kappa shape index (κ1) is 19.0. The molecule has 1 atom stereocenters. The van der Waals surface area contributed by atoms with Crippen LogP contribution in [0.1, 0.15) is 38.7 Å². The second-order valence-corrected chi connectivity index (χ2v) is 6.38. The van der Waals surface area contributed by atoms with Crippen molar-refractivity contribution < 1.29 is 14.3 Å². The highest BCUT2D eigenvalue weighted by atomic mass is 16.5. The average Bonchev–Trinajstić information content (AvgIpc) is 2.62. The Labute approximate surface area is 150 Å². The van der Waals surface area contributed by atoms with Gasteiger partial charge in [0, 0.05) is 20.0 Å². The van der Waals surface area contributed by atoms with Gasteiger partial charge in [0.1, 0.15) is 6.61 Å². The maximum atomic E-state index is 13.0. The highest BCUT2D eigenvalue weighted by molar-refractivity contribution is 5.85. The third kappa shape index (κ3) is 5.31. The van der Waals surface area contributed by atoms with E-state index in [1.165, 1.54) is 6.92 Å². The molecule has 1 saturated heterocycles. The minimum atomic E-state index is -0.473. The Balaban J connectivity index is 2.00. The summed E-state index contributed by atoms with van der Waals surface area (Å²) in [4.78, 5) is 25.8. The summed E-state index contributed by atoms with van der Waals surface area (Å²) >= 11 is 0. The number of ether oxygens (including phenoxy) is 1. The fourth-order valence-electron chi connectivity index (χ4n) is 3.20. The second-order valence-electron chi connectivity index (χ2n) is 6.38. The Morgan fingerprint density at radius 3 is 2.72 bits per heavy atom. The van der Waals surface area contributed by atoms with Crippen molar-refractivity contribution in [2.24, 2.45) is 5.41 Å². The summed E-state index contributed by atoms with van der Waals surface area (Å²) in [6, 6.07) is 10.1. The molecule has 134 valence electrons. The topological polar surface area (TPSA) is 46.6 Å². The molecule has 0 spiro atoms. The van der Waals surface area contributed by atoms with E-state index in [1.807, 2.05) is 60.4 Å². The first-order chi connectivity index (χ1) is 12.1. The fraction of sp³-hybridized carbons (Fsp3) is 0.429. The van der Waals surface area contributed by atoms with Crippen molar-refractivity contribution in [1.82, 2.24) is 4.90 Å². The Hall–Kier alpha value is -2.36. The molecule has 4 nitrogen and oxygen atoms in total. The molecule has 1 aromatic carbocycles. The van der Waals surface area contributed by atoms with Crippen LogP contribution in [0.5, 0.6) is 0 Å². The summed E-state index contributed by atoms with van der Waals surface area (Å²) < 4.78 is 4.94. The van der Waals surface area contributed by atoms with Gasteiger partial charge < -0.3 is 9.64 Å². The van der Waals surface area contributed by atoms with Crippen LogP contribution in [-0.4, -0.2) is 36.5 Å². The third-order valence-electron chi connectivity index (χ3n) is 4.65. The molecular formula is C21H27NO3. The molecule has 1 amide bonds. The summed E-state index contributed by atoms with van der Waals surface area (Å²) in [6.45, 7) is 5.05. The van der Waals surface area contributed by atoms with E-state index >= 15 is 0 Å². The largest absolute Gasteiger partial charge is 0.462 e. The molecule has 4 heteroatoms. The number of nitrogens with zero attached hydrogens (tertiary/aromatic N) is 1. The lowest BCUT2D eigenvalue weighted by molar-refractivity contribution is -0.142. The van der Waals surface area contributed by atoms with Gasteiger partial charge in [-0.1, -0.05) is 61.6 Å². The number of amides is 1. The molecule has 0 aliphatic carbocycles. The predicted molar refractivity (Wildman–Crippen MR) is 99.8 cm³/mol. The molecule has 0 aromatic heterocycles. The number of hydrogen-bond donors (Lipinski definition) is 0. The van der Waals surface area contributed by atoms with E-state index in [0.29, 0.717) is 6.54 Å². The molecule has 0 bridgehead atoms. The van der Waals surface area contributed by atoms with Crippen molar-refractivity contribution in [3.05, 3.63) is 54.1 Å². The minimum absolute atomic E-state index is 0.165. The molecule has 25 heavy (non-hydrogen) atoms. The summed E-state index contributed by atoms with van der Waals surface area (Å²) in [5.74, 6) is -0.143. The van der Waals surface area contributed by atoms with Crippen molar-refractivity contribution in [3.63, 3.8) is 0 Å². The van der Waals surface area contributed by atoms with E-state index in [9.17, 15) is 9.59 Å². The van der Waals surface area contributed by atoms with E-state index in [1.54, 1.807) is 6.08 Å². The highest BCUT2D eigenvalue weighted by Crippen LogP contribution is 2.36. The van der Waals surface area contributed by atoms with Crippen LogP contribution in [0, 0.1) is 5.41 Å². The van der Waals surface area contributed by atoms with Crippen LogP contribution in [0.25, 0.3) is 6.08 Å². The number of carbonyl (C=O) groups is 2. The molecule has 1 fully saturated rings. The van der Waals surface area contributed by atoms with E-state index in [-0.39, 0.29) is 18.5 Å². The van der Waals surface area contributed by atoms with E-state index in [2.05, 4.69) is 0 Å². The number of likely N-dealkylation sites (tertiary alicyclic amines) is 1. The van der Waals surface area contributed by atoms with E-state index in [4.69, 9.17) is 4.74 Å². The maximum Gasteiger partial charge on any atom is 0.302 e. The Morgan fingerprint density at radius 2 is 2.04 bits per heavy atom. The predicted octanol–water partition coefficient (Wildman–Crippen LogP) is 3.84. The lowest BCUT2D eigenvalue weighted by Gasteiger charge is -2.39. The minimum Gasteiger partial charge on any atom is -0.462 e. The molecule has 1 aliphatic rings. The summed E-state index contributed by atoms with van der Waals surface area (Å²) in [7, 11) is 0. The highest BCUT2D eigenvalue weighted by Gasteiger charge is 2.39. The molecule has 1 aromatic rings. The van der Waals surface area contributed by atoms with Crippen molar-refractivity contribution in [2.45, 2.75) is 33.1 Å². The molecule has 2 rings (SSSR count). The molecule has 1 unspecified atom stereocenters. The van der Waals surface area contributed by atoms with Gasteiger partial charge in [0.05, 0.1) is 5.41 Å². The molecule has 1 aliphatic heterocycles. The maximum absolute atomic E-state index is 13.0. The number of carbonyl (C=O) groups excluding carboxylic acids is 2. The first-order valence-corrected chi connectivity index (χ1v) is 8.89. The lowest BCUT2D eigenvalue weighted by atomic mass is 9.76. The van der Waals surface area contributed by atoms with Gasteiger partial charge in [-0.25, -0.2) is 0 Å². The molecule has 0 N–H and O–H groups in total. The monoisotopic (exact) mass is 341 g/mol. The van der Waals surface area contributed by atoms with Crippen LogP contribution in [0.15, 0.2) is 48.6 Å². The normalized spacial score (nSPS) is 21.2. The standard InChI is InChI=1S/C21H27NO3/c1-3-21(14-9-17-25-18(2)23)13-8-16-22(20(21)24)15-7-12-19-10-5-4-6-11-19/h4-7,9-12,14H,3,8,13,15-17H2,1-2H3/b12-7+,14-9+. The zero-order chi connectivity index (χ0) is 18.1. The van der Waals surface area contributed by atoms with Gasteiger partial charge >= 0.3 is 5.97 Å². The van der Waals surface area contributed by atoms with E-state index < -0.39 is 5.41 Å². The molecular weight excluding hydrogens is 314 g/mol. The number of hydrogen-bond acceptors (Lipinski definition) is 3. The molecule has 0 saturated carbocycles. The van der Waals surface area contributed by atoms with Crippen LogP contribution in [-0.2, 0) is 14.3 Å². The zero-order valence-electron chi connectivity index (χ0n) is 15.1. The van der Waals surface area contributed by atoms with Crippen LogP contribution >= 0.6 is 0 Å². The summed E-state index contributed by atoms with van der Waals surface area (Å²) in [6.07, 6.45) is 10.4. The van der Waals surface area contributed by atoms with Crippen LogP contribution < -0.4 is 0 Å². The SMILES string of the molecule is CCC1(/C=C/COC(C)=O)CCCN(C/C=C/c2ccccc2)C1=O. The Bertz CT molecular complexity index is 636. The summed E-state index contributed by atoms with van der Waals surface area (Å²) in [5.41, 5.74) is 0.661. The number of piperidine rings is 1. The zero-order valence-corrected chi connectivity index (χ0v) is 15.1. The summed E-state index contributed by atoms with van der Waals surface area (Å²) in [5, 5.41) is 0. The van der Waals surface area contributed by atoms with Gasteiger partial charge in [0.2, 0.25) is 5.91 Å². The van der Waals surface area contributed by atoms with Gasteiger partial charge in [0.15, 0.2) is 0 Å². The number of rotatable bonds is 7. The van der Waals surface area contributed by atoms with Crippen LogP contribution in [0.2, 0.25) is 0 Å². The first-order valence-electron chi connectivity index (χ1n) is 8.89. The third-order valence-corrected chi connectivity index (χ3v) is 4.65.